The summed E-state index contributed by atoms with van der Waals surface area (Å²) in [4.78, 5) is -0.296. The summed E-state index contributed by atoms with van der Waals surface area (Å²) in [5.74, 6) is 0. The molecule has 0 spiro atoms. The molecule has 0 aromatic heterocycles. The first kappa shape index (κ1) is 19.6. The normalized spacial score (nSPS) is 12.2. The molecule has 0 fully saturated rings. The van der Waals surface area contributed by atoms with Gasteiger partial charge in [-0.15, -0.1) is 5.11 Å². The zero-order chi connectivity index (χ0) is 20.2. The second kappa shape index (κ2) is 7.81. The standard InChI is InChI=1S/C19H14F3N3O2S/c20-19(21,22)14-10-12-16(13-11-14)28(26,27)25-18-9-5-4-8-17(18)24-23-15-6-2-1-3-7-15/h1-13,25H. The fourth-order valence-electron chi connectivity index (χ4n) is 2.28. The van der Waals surface area contributed by atoms with Gasteiger partial charge in [-0.3, -0.25) is 4.72 Å². The predicted octanol–water partition coefficient (Wildman–Crippen LogP) is 5.92. The van der Waals surface area contributed by atoms with Gasteiger partial charge < -0.3 is 0 Å². The monoisotopic (exact) mass is 405 g/mol. The average molecular weight is 405 g/mol. The van der Waals surface area contributed by atoms with Crippen LogP contribution in [-0.4, -0.2) is 8.42 Å². The number of anilines is 1. The summed E-state index contributed by atoms with van der Waals surface area (Å²) in [6.45, 7) is 0. The van der Waals surface area contributed by atoms with Gasteiger partial charge in [0, 0.05) is 0 Å². The lowest BCUT2D eigenvalue weighted by atomic mass is 10.2. The van der Waals surface area contributed by atoms with Gasteiger partial charge in [0.15, 0.2) is 0 Å². The fraction of sp³-hybridized carbons (Fsp3) is 0.0526. The number of para-hydroxylation sites is 1. The molecule has 5 nitrogen and oxygen atoms in total. The summed E-state index contributed by atoms with van der Waals surface area (Å²) >= 11 is 0. The van der Waals surface area contributed by atoms with Gasteiger partial charge in [-0.1, -0.05) is 30.3 Å². The molecule has 0 amide bonds. The maximum Gasteiger partial charge on any atom is 0.416 e. The molecule has 0 heterocycles. The number of rotatable bonds is 5. The van der Waals surface area contributed by atoms with Crippen LogP contribution < -0.4 is 4.72 Å². The van der Waals surface area contributed by atoms with Crippen molar-refractivity contribution in [2.24, 2.45) is 10.2 Å². The number of halogens is 3. The van der Waals surface area contributed by atoms with E-state index < -0.39 is 21.8 Å². The van der Waals surface area contributed by atoms with Crippen LogP contribution in [0.15, 0.2) is 94.0 Å². The van der Waals surface area contributed by atoms with E-state index in [4.69, 9.17) is 0 Å². The van der Waals surface area contributed by atoms with Gasteiger partial charge >= 0.3 is 6.18 Å². The number of sulfonamides is 1. The van der Waals surface area contributed by atoms with Crippen LogP contribution >= 0.6 is 0 Å². The second-order valence-corrected chi connectivity index (χ2v) is 7.36. The smallest absolute Gasteiger partial charge is 0.277 e. The highest BCUT2D eigenvalue weighted by molar-refractivity contribution is 7.92. The first-order chi connectivity index (χ1) is 13.3. The highest BCUT2D eigenvalue weighted by Gasteiger charge is 2.30. The van der Waals surface area contributed by atoms with E-state index in [0.29, 0.717) is 5.69 Å². The highest BCUT2D eigenvalue weighted by atomic mass is 32.2. The molecular formula is C19H14F3N3O2S. The molecule has 3 rings (SSSR count). The van der Waals surface area contributed by atoms with Gasteiger partial charge in [0.1, 0.15) is 5.69 Å². The van der Waals surface area contributed by atoms with Gasteiger partial charge in [-0.05, 0) is 48.5 Å². The molecule has 0 saturated carbocycles. The van der Waals surface area contributed by atoms with Gasteiger partial charge in [-0.25, -0.2) is 8.42 Å². The Kier molecular flexibility index (Phi) is 5.46. The van der Waals surface area contributed by atoms with E-state index in [0.717, 1.165) is 24.3 Å². The quantitative estimate of drug-likeness (QED) is 0.535. The number of alkyl halides is 3. The molecule has 3 aromatic rings. The van der Waals surface area contributed by atoms with Gasteiger partial charge in [0.25, 0.3) is 10.0 Å². The van der Waals surface area contributed by atoms with Crippen LogP contribution in [0.5, 0.6) is 0 Å². The summed E-state index contributed by atoms with van der Waals surface area (Å²) in [5.41, 5.74) is 0.0790. The van der Waals surface area contributed by atoms with Crippen molar-refractivity contribution in [3.8, 4) is 0 Å². The Morgan fingerprint density at radius 2 is 1.36 bits per heavy atom. The van der Waals surface area contributed by atoms with E-state index in [9.17, 15) is 21.6 Å². The van der Waals surface area contributed by atoms with Crippen molar-refractivity contribution in [3.63, 3.8) is 0 Å². The minimum Gasteiger partial charge on any atom is -0.277 e. The van der Waals surface area contributed by atoms with Crippen LogP contribution in [0.25, 0.3) is 0 Å². The Morgan fingerprint density at radius 1 is 0.750 bits per heavy atom. The van der Waals surface area contributed by atoms with Crippen molar-refractivity contribution in [2.75, 3.05) is 4.72 Å². The summed E-state index contributed by atoms with van der Waals surface area (Å²) in [6.07, 6.45) is -4.54. The Morgan fingerprint density at radius 3 is 2.00 bits per heavy atom. The number of nitrogens with zero attached hydrogens (tertiary/aromatic N) is 2. The van der Waals surface area contributed by atoms with Crippen LogP contribution in [-0.2, 0) is 16.2 Å². The molecular weight excluding hydrogens is 391 g/mol. The Balaban J connectivity index is 1.86. The van der Waals surface area contributed by atoms with Gasteiger partial charge in [-0.2, -0.15) is 18.3 Å². The van der Waals surface area contributed by atoms with E-state index in [1.807, 2.05) is 6.07 Å². The van der Waals surface area contributed by atoms with Crippen LogP contribution in [0, 0.1) is 0 Å². The third kappa shape index (κ3) is 4.74. The van der Waals surface area contributed by atoms with E-state index in [2.05, 4.69) is 15.0 Å². The fourth-order valence-corrected chi connectivity index (χ4v) is 3.35. The molecule has 0 bridgehead atoms. The molecule has 3 aromatic carbocycles. The molecule has 0 radical (unpaired) electrons. The molecule has 0 atom stereocenters. The number of azo groups is 1. The summed E-state index contributed by atoms with van der Waals surface area (Å²) < 4.78 is 65.3. The van der Waals surface area contributed by atoms with Crippen molar-refractivity contribution >= 4 is 27.1 Å². The summed E-state index contributed by atoms with van der Waals surface area (Å²) in [5, 5.41) is 8.09. The molecule has 0 aliphatic rings. The number of hydrogen-bond acceptors (Lipinski definition) is 4. The van der Waals surface area contributed by atoms with Crippen LogP contribution in [0.4, 0.5) is 30.2 Å². The molecule has 9 heteroatoms. The molecule has 0 saturated heterocycles. The van der Waals surface area contributed by atoms with E-state index in [-0.39, 0.29) is 16.3 Å². The summed E-state index contributed by atoms with van der Waals surface area (Å²) in [7, 11) is -4.10. The first-order valence-corrected chi connectivity index (χ1v) is 9.50. The van der Waals surface area contributed by atoms with E-state index in [1.54, 1.807) is 42.5 Å². The molecule has 28 heavy (non-hydrogen) atoms. The van der Waals surface area contributed by atoms with Gasteiger partial charge in [0.2, 0.25) is 0 Å². The van der Waals surface area contributed by atoms with Crippen LogP contribution in [0.1, 0.15) is 5.56 Å². The molecule has 0 unspecified atom stereocenters. The topological polar surface area (TPSA) is 70.9 Å². The third-order valence-electron chi connectivity index (χ3n) is 3.67. The lowest BCUT2D eigenvalue weighted by molar-refractivity contribution is -0.137. The van der Waals surface area contributed by atoms with Gasteiger partial charge in [0.05, 0.1) is 21.8 Å². The molecule has 0 aliphatic carbocycles. The zero-order valence-electron chi connectivity index (χ0n) is 14.3. The van der Waals surface area contributed by atoms with Crippen molar-refractivity contribution in [2.45, 2.75) is 11.1 Å². The zero-order valence-corrected chi connectivity index (χ0v) is 15.1. The van der Waals surface area contributed by atoms with E-state index >= 15 is 0 Å². The largest absolute Gasteiger partial charge is 0.416 e. The van der Waals surface area contributed by atoms with Crippen molar-refractivity contribution in [1.82, 2.24) is 0 Å². The van der Waals surface area contributed by atoms with Crippen molar-refractivity contribution in [3.05, 3.63) is 84.4 Å². The average Bonchev–Trinajstić information content (AvgIpc) is 2.67. The SMILES string of the molecule is O=S(=O)(Nc1ccccc1N=Nc1ccccc1)c1ccc(C(F)(F)F)cc1. The Hall–Kier alpha value is -3.20. The Labute approximate surface area is 159 Å². The second-order valence-electron chi connectivity index (χ2n) is 5.68. The first-order valence-electron chi connectivity index (χ1n) is 8.02. The molecule has 1 N–H and O–H groups in total. The highest BCUT2D eigenvalue weighted by Crippen LogP contribution is 2.31. The number of hydrogen-bond donors (Lipinski definition) is 1. The van der Waals surface area contributed by atoms with Crippen molar-refractivity contribution < 1.29 is 21.6 Å². The van der Waals surface area contributed by atoms with E-state index in [1.165, 1.54) is 6.07 Å². The molecule has 144 valence electrons. The number of nitrogens with one attached hydrogen (secondary N) is 1. The van der Waals surface area contributed by atoms with Crippen LogP contribution in [0.2, 0.25) is 0 Å². The maximum absolute atomic E-state index is 12.7. The third-order valence-corrected chi connectivity index (χ3v) is 5.05. The van der Waals surface area contributed by atoms with Crippen molar-refractivity contribution in [1.29, 1.82) is 0 Å². The lowest BCUT2D eigenvalue weighted by Crippen LogP contribution is -2.13. The molecule has 0 aliphatic heterocycles. The summed E-state index contributed by atoms with van der Waals surface area (Å²) in [6, 6.07) is 18.4. The minimum absolute atomic E-state index is 0.155. The minimum atomic E-state index is -4.54. The maximum atomic E-state index is 12.7. The Bertz CT molecular complexity index is 1080. The number of benzene rings is 3. The predicted molar refractivity (Wildman–Crippen MR) is 99.3 cm³/mol. The lowest BCUT2D eigenvalue weighted by Gasteiger charge is -2.11. The van der Waals surface area contributed by atoms with Crippen LogP contribution in [0.3, 0.4) is 0 Å².